The van der Waals surface area contributed by atoms with Crippen LogP contribution in [0.3, 0.4) is 0 Å². The molecule has 0 amide bonds. The molecule has 2 aromatic carbocycles. The first-order valence-electron chi connectivity index (χ1n) is 7.19. The molecule has 0 bridgehead atoms. The third-order valence-corrected chi connectivity index (χ3v) is 3.85. The van der Waals surface area contributed by atoms with E-state index in [0.717, 1.165) is 11.0 Å². The Kier molecular flexibility index (Phi) is 5.07. The van der Waals surface area contributed by atoms with Crippen molar-refractivity contribution < 1.29 is 0 Å². The van der Waals surface area contributed by atoms with Crippen LogP contribution in [-0.4, -0.2) is 12.6 Å². The van der Waals surface area contributed by atoms with Crippen LogP contribution in [0, 0.1) is 0 Å². The van der Waals surface area contributed by atoms with E-state index in [2.05, 4.69) is 96.4 Å². The van der Waals surface area contributed by atoms with E-state index in [1.54, 1.807) is 0 Å². The SMILES string of the molecule is CN(c1ccccc1)c1ccc(Br)cc1CNC(C)(C)C. The lowest BCUT2D eigenvalue weighted by molar-refractivity contribution is 0.424. The summed E-state index contributed by atoms with van der Waals surface area (Å²) in [7, 11) is 2.11. The van der Waals surface area contributed by atoms with Crippen LogP contribution in [0.2, 0.25) is 0 Å². The maximum absolute atomic E-state index is 3.58. The average molecular weight is 347 g/mol. The number of para-hydroxylation sites is 1. The van der Waals surface area contributed by atoms with E-state index in [1.165, 1.54) is 16.9 Å². The number of benzene rings is 2. The van der Waals surface area contributed by atoms with Gasteiger partial charge >= 0.3 is 0 Å². The van der Waals surface area contributed by atoms with Gasteiger partial charge in [-0.25, -0.2) is 0 Å². The second kappa shape index (κ2) is 6.63. The largest absolute Gasteiger partial charge is 0.344 e. The van der Waals surface area contributed by atoms with E-state index >= 15 is 0 Å². The lowest BCUT2D eigenvalue weighted by Gasteiger charge is -2.26. The van der Waals surface area contributed by atoms with E-state index < -0.39 is 0 Å². The third kappa shape index (κ3) is 4.58. The Morgan fingerprint density at radius 1 is 1.05 bits per heavy atom. The van der Waals surface area contributed by atoms with Gasteiger partial charge in [0.05, 0.1) is 0 Å². The Morgan fingerprint density at radius 3 is 2.33 bits per heavy atom. The highest BCUT2D eigenvalue weighted by Gasteiger charge is 2.13. The van der Waals surface area contributed by atoms with Crippen molar-refractivity contribution in [3.8, 4) is 0 Å². The maximum atomic E-state index is 3.58. The molecule has 0 aliphatic rings. The zero-order chi connectivity index (χ0) is 15.5. The van der Waals surface area contributed by atoms with Crippen LogP contribution in [0.4, 0.5) is 11.4 Å². The van der Waals surface area contributed by atoms with Gasteiger partial charge in [0, 0.05) is 35.0 Å². The summed E-state index contributed by atoms with van der Waals surface area (Å²) in [6.07, 6.45) is 0. The molecule has 0 atom stereocenters. The van der Waals surface area contributed by atoms with E-state index in [-0.39, 0.29) is 5.54 Å². The van der Waals surface area contributed by atoms with Gasteiger partial charge in [-0.1, -0.05) is 34.1 Å². The van der Waals surface area contributed by atoms with Gasteiger partial charge in [-0.15, -0.1) is 0 Å². The van der Waals surface area contributed by atoms with Gasteiger partial charge in [-0.2, -0.15) is 0 Å². The molecule has 0 fully saturated rings. The van der Waals surface area contributed by atoms with Gasteiger partial charge in [0.25, 0.3) is 0 Å². The highest BCUT2D eigenvalue weighted by atomic mass is 79.9. The normalized spacial score (nSPS) is 11.5. The molecule has 1 N–H and O–H groups in total. The fourth-order valence-electron chi connectivity index (χ4n) is 2.17. The maximum Gasteiger partial charge on any atom is 0.0454 e. The zero-order valence-corrected chi connectivity index (χ0v) is 14.7. The number of halogens is 1. The smallest absolute Gasteiger partial charge is 0.0454 e. The monoisotopic (exact) mass is 346 g/mol. The number of hydrogen-bond acceptors (Lipinski definition) is 2. The topological polar surface area (TPSA) is 15.3 Å². The molecule has 3 heteroatoms. The fraction of sp³-hybridized carbons (Fsp3) is 0.333. The lowest BCUT2D eigenvalue weighted by Crippen LogP contribution is -2.35. The predicted molar refractivity (Wildman–Crippen MR) is 95.2 cm³/mol. The van der Waals surface area contributed by atoms with Crippen molar-refractivity contribution in [3.05, 3.63) is 58.6 Å². The van der Waals surface area contributed by atoms with E-state index in [1.807, 2.05) is 6.07 Å². The summed E-state index contributed by atoms with van der Waals surface area (Å²) in [6.45, 7) is 7.40. The molecule has 0 heterocycles. The number of anilines is 2. The summed E-state index contributed by atoms with van der Waals surface area (Å²) in [5.74, 6) is 0. The van der Waals surface area contributed by atoms with E-state index in [9.17, 15) is 0 Å². The molecule has 2 aromatic rings. The average Bonchev–Trinajstić information content (AvgIpc) is 2.45. The number of rotatable bonds is 4. The Balaban J connectivity index is 2.30. The summed E-state index contributed by atoms with van der Waals surface area (Å²) >= 11 is 3.58. The molecule has 0 aromatic heterocycles. The standard InChI is InChI=1S/C18H23BrN2/c1-18(2,3)20-13-14-12-15(19)10-11-17(14)21(4)16-8-6-5-7-9-16/h5-12,20H,13H2,1-4H3. The Morgan fingerprint density at radius 2 is 1.71 bits per heavy atom. The van der Waals surface area contributed by atoms with Gasteiger partial charge in [0.1, 0.15) is 0 Å². The molecular weight excluding hydrogens is 324 g/mol. The van der Waals surface area contributed by atoms with Crippen molar-refractivity contribution in [1.82, 2.24) is 5.32 Å². The predicted octanol–water partition coefficient (Wildman–Crippen LogP) is 5.11. The first kappa shape index (κ1) is 16.1. The van der Waals surface area contributed by atoms with Crippen LogP contribution in [0.15, 0.2) is 53.0 Å². The van der Waals surface area contributed by atoms with Gasteiger partial charge in [0.15, 0.2) is 0 Å². The van der Waals surface area contributed by atoms with Crippen molar-refractivity contribution in [2.45, 2.75) is 32.9 Å². The van der Waals surface area contributed by atoms with Crippen molar-refractivity contribution in [3.63, 3.8) is 0 Å². The van der Waals surface area contributed by atoms with E-state index in [0.29, 0.717) is 0 Å². The zero-order valence-electron chi connectivity index (χ0n) is 13.2. The molecule has 21 heavy (non-hydrogen) atoms. The van der Waals surface area contributed by atoms with Crippen molar-refractivity contribution in [2.75, 3.05) is 11.9 Å². The minimum absolute atomic E-state index is 0.102. The van der Waals surface area contributed by atoms with Crippen LogP contribution in [0.1, 0.15) is 26.3 Å². The minimum Gasteiger partial charge on any atom is -0.344 e. The van der Waals surface area contributed by atoms with Gasteiger partial charge in [-0.05, 0) is 56.7 Å². The summed E-state index contributed by atoms with van der Waals surface area (Å²) in [6, 6.07) is 16.9. The van der Waals surface area contributed by atoms with Crippen molar-refractivity contribution in [2.24, 2.45) is 0 Å². The van der Waals surface area contributed by atoms with Gasteiger partial charge in [-0.3, -0.25) is 0 Å². The quantitative estimate of drug-likeness (QED) is 0.827. The molecule has 112 valence electrons. The lowest BCUT2D eigenvalue weighted by atomic mass is 10.1. The molecule has 0 saturated carbocycles. The number of hydrogen-bond donors (Lipinski definition) is 1. The van der Waals surface area contributed by atoms with Crippen LogP contribution >= 0.6 is 15.9 Å². The number of nitrogens with one attached hydrogen (secondary N) is 1. The molecule has 0 aliphatic heterocycles. The highest BCUT2D eigenvalue weighted by molar-refractivity contribution is 9.10. The first-order valence-corrected chi connectivity index (χ1v) is 7.98. The molecule has 0 aliphatic carbocycles. The van der Waals surface area contributed by atoms with Gasteiger partial charge < -0.3 is 10.2 Å². The van der Waals surface area contributed by atoms with E-state index in [4.69, 9.17) is 0 Å². The second-order valence-corrected chi connectivity index (χ2v) is 7.19. The van der Waals surface area contributed by atoms with Crippen LogP contribution < -0.4 is 10.2 Å². The van der Waals surface area contributed by atoms with Crippen LogP contribution in [0.25, 0.3) is 0 Å². The summed E-state index contributed by atoms with van der Waals surface area (Å²) in [5, 5.41) is 3.56. The van der Waals surface area contributed by atoms with Gasteiger partial charge in [0.2, 0.25) is 0 Å². The minimum atomic E-state index is 0.102. The summed E-state index contributed by atoms with van der Waals surface area (Å²) in [4.78, 5) is 2.23. The Hall–Kier alpha value is -1.32. The summed E-state index contributed by atoms with van der Waals surface area (Å²) in [5.41, 5.74) is 3.80. The molecular formula is C18H23BrN2. The molecule has 2 nitrogen and oxygen atoms in total. The fourth-order valence-corrected chi connectivity index (χ4v) is 2.58. The molecule has 2 rings (SSSR count). The molecule has 0 saturated heterocycles. The van der Waals surface area contributed by atoms with Crippen LogP contribution in [0.5, 0.6) is 0 Å². The van der Waals surface area contributed by atoms with Crippen molar-refractivity contribution >= 4 is 27.3 Å². The number of nitrogens with zero attached hydrogens (tertiary/aromatic N) is 1. The molecule has 0 spiro atoms. The Bertz CT molecular complexity index is 588. The molecule has 0 radical (unpaired) electrons. The molecule has 0 unspecified atom stereocenters. The second-order valence-electron chi connectivity index (χ2n) is 6.27. The summed E-state index contributed by atoms with van der Waals surface area (Å²) < 4.78 is 1.11. The first-order chi connectivity index (χ1) is 9.87. The Labute approximate surface area is 136 Å². The third-order valence-electron chi connectivity index (χ3n) is 3.36. The van der Waals surface area contributed by atoms with Crippen LogP contribution in [-0.2, 0) is 6.54 Å². The van der Waals surface area contributed by atoms with Crippen molar-refractivity contribution in [1.29, 1.82) is 0 Å². The highest BCUT2D eigenvalue weighted by Crippen LogP contribution is 2.29.